The highest BCUT2D eigenvalue weighted by molar-refractivity contribution is 7.99. The Hall–Kier alpha value is -2.84. The molecule has 33 heavy (non-hydrogen) atoms. The second-order valence-corrected chi connectivity index (χ2v) is 11.8. The molecule has 2 aromatic heterocycles. The number of hydrogen-bond donors (Lipinski definition) is 1. The minimum Gasteiger partial charge on any atom is -0.339 e. The fourth-order valence-electron chi connectivity index (χ4n) is 4.41. The number of pyridine rings is 1. The summed E-state index contributed by atoms with van der Waals surface area (Å²) in [7, 11) is -3.36. The molecule has 1 aliphatic rings. The Morgan fingerprint density at radius 2 is 2.03 bits per heavy atom. The number of aromatic amines is 1. The zero-order chi connectivity index (χ0) is 23.3. The number of rotatable bonds is 4. The first-order valence-electron chi connectivity index (χ1n) is 10.9. The van der Waals surface area contributed by atoms with Gasteiger partial charge < -0.3 is 9.88 Å². The van der Waals surface area contributed by atoms with Gasteiger partial charge in [0.25, 0.3) is 5.91 Å². The Kier molecular flexibility index (Phi) is 5.45. The summed E-state index contributed by atoms with van der Waals surface area (Å²) in [5, 5.41) is 1.92. The molecule has 4 aromatic rings. The van der Waals surface area contributed by atoms with Crippen LogP contribution in [0.2, 0.25) is 0 Å². The standard InChI is InChI=1S/C25H25N3O3S2/c1-4-33(30,31)18-7-5-6-17(11-18)20-12-19(25(29)28-8-9-32-14-28)16(3)23-22(20)21-10-15(2)13-26-24(21)27-23/h5-7,10-13H,4,8-9,14H2,1-3H3,(H,26,27). The number of sulfone groups is 1. The van der Waals surface area contributed by atoms with Crippen molar-refractivity contribution in [3.05, 3.63) is 59.3 Å². The van der Waals surface area contributed by atoms with Crippen LogP contribution in [0.15, 0.2) is 47.5 Å². The number of carbonyl (C=O) groups is 1. The van der Waals surface area contributed by atoms with Crippen LogP contribution in [0.3, 0.4) is 0 Å². The number of nitrogens with one attached hydrogen (secondary N) is 1. The third-order valence-corrected chi connectivity index (χ3v) is 8.98. The average molecular weight is 480 g/mol. The van der Waals surface area contributed by atoms with Crippen molar-refractivity contribution in [2.45, 2.75) is 25.7 Å². The molecule has 0 aliphatic carbocycles. The molecule has 6 nitrogen and oxygen atoms in total. The summed E-state index contributed by atoms with van der Waals surface area (Å²) in [4.78, 5) is 23.6. The molecule has 170 valence electrons. The van der Waals surface area contributed by atoms with Gasteiger partial charge in [-0.2, -0.15) is 0 Å². The van der Waals surface area contributed by atoms with Crippen molar-refractivity contribution in [1.82, 2.24) is 14.9 Å². The van der Waals surface area contributed by atoms with E-state index >= 15 is 0 Å². The van der Waals surface area contributed by atoms with E-state index < -0.39 is 9.84 Å². The number of aryl methyl sites for hydroxylation is 2. The third kappa shape index (κ3) is 3.71. The lowest BCUT2D eigenvalue weighted by Crippen LogP contribution is -2.28. The number of benzene rings is 2. The molecule has 0 atom stereocenters. The van der Waals surface area contributed by atoms with Gasteiger partial charge in [-0.3, -0.25) is 4.79 Å². The van der Waals surface area contributed by atoms with Crippen molar-refractivity contribution in [3.63, 3.8) is 0 Å². The molecule has 0 spiro atoms. The molecule has 1 amide bonds. The van der Waals surface area contributed by atoms with Crippen LogP contribution in [0, 0.1) is 13.8 Å². The number of fused-ring (bicyclic) bond motifs is 3. The maximum absolute atomic E-state index is 13.4. The Labute approximate surface area is 197 Å². The monoisotopic (exact) mass is 479 g/mol. The lowest BCUT2D eigenvalue weighted by molar-refractivity contribution is 0.0802. The fourth-order valence-corrected chi connectivity index (χ4v) is 6.28. The first-order chi connectivity index (χ1) is 15.8. The van der Waals surface area contributed by atoms with E-state index in [4.69, 9.17) is 0 Å². The number of hydrogen-bond acceptors (Lipinski definition) is 5. The molecule has 1 fully saturated rings. The smallest absolute Gasteiger partial charge is 0.254 e. The molecule has 0 bridgehead atoms. The van der Waals surface area contributed by atoms with Gasteiger partial charge in [0.15, 0.2) is 9.84 Å². The van der Waals surface area contributed by atoms with Gasteiger partial charge in [-0.15, -0.1) is 11.8 Å². The van der Waals surface area contributed by atoms with E-state index in [2.05, 4.69) is 16.0 Å². The van der Waals surface area contributed by atoms with E-state index in [1.807, 2.05) is 37.1 Å². The van der Waals surface area contributed by atoms with Gasteiger partial charge in [0.05, 0.1) is 22.0 Å². The molecule has 8 heteroatoms. The highest BCUT2D eigenvalue weighted by Crippen LogP contribution is 2.39. The summed E-state index contributed by atoms with van der Waals surface area (Å²) in [6.45, 7) is 6.33. The van der Waals surface area contributed by atoms with Gasteiger partial charge >= 0.3 is 0 Å². The Morgan fingerprint density at radius 3 is 2.76 bits per heavy atom. The van der Waals surface area contributed by atoms with Crippen LogP contribution in [0.1, 0.15) is 28.4 Å². The fraction of sp³-hybridized carbons (Fsp3) is 0.280. The average Bonchev–Trinajstić information content (AvgIpc) is 3.48. The van der Waals surface area contributed by atoms with E-state index in [9.17, 15) is 13.2 Å². The number of nitrogens with zero attached hydrogens (tertiary/aromatic N) is 2. The Morgan fingerprint density at radius 1 is 1.21 bits per heavy atom. The highest BCUT2D eigenvalue weighted by atomic mass is 32.2. The van der Waals surface area contributed by atoms with Crippen LogP contribution >= 0.6 is 11.8 Å². The van der Waals surface area contributed by atoms with Crippen molar-refractivity contribution in [3.8, 4) is 11.1 Å². The quantitative estimate of drug-likeness (QED) is 0.448. The molecule has 1 N–H and O–H groups in total. The van der Waals surface area contributed by atoms with Gasteiger partial charge in [0, 0.05) is 34.8 Å². The van der Waals surface area contributed by atoms with Crippen LogP contribution < -0.4 is 0 Å². The van der Waals surface area contributed by atoms with Gasteiger partial charge in [-0.05, 0) is 60.4 Å². The highest BCUT2D eigenvalue weighted by Gasteiger charge is 2.25. The molecule has 5 rings (SSSR count). The zero-order valence-corrected chi connectivity index (χ0v) is 20.4. The van der Waals surface area contributed by atoms with Crippen molar-refractivity contribution in [2.24, 2.45) is 0 Å². The summed E-state index contributed by atoms with van der Waals surface area (Å²) in [5.74, 6) is 1.66. The Bertz CT molecular complexity index is 1520. The minimum atomic E-state index is -3.36. The molecule has 0 radical (unpaired) electrons. The van der Waals surface area contributed by atoms with Gasteiger partial charge in [0.1, 0.15) is 5.65 Å². The molecule has 1 saturated heterocycles. The molecule has 2 aromatic carbocycles. The van der Waals surface area contributed by atoms with Gasteiger partial charge in [-0.1, -0.05) is 19.1 Å². The largest absolute Gasteiger partial charge is 0.339 e. The molecule has 0 unspecified atom stereocenters. The topological polar surface area (TPSA) is 83.1 Å². The van der Waals surface area contributed by atoms with Crippen molar-refractivity contribution >= 4 is 49.4 Å². The summed E-state index contributed by atoms with van der Waals surface area (Å²) >= 11 is 1.75. The molecule has 1 aliphatic heterocycles. The molecule has 0 saturated carbocycles. The van der Waals surface area contributed by atoms with E-state index in [1.165, 1.54) is 0 Å². The second kappa shape index (κ2) is 8.18. The number of H-pyrrole nitrogens is 1. The van der Waals surface area contributed by atoms with Crippen molar-refractivity contribution in [1.29, 1.82) is 0 Å². The normalized spacial score (nSPS) is 14.5. The summed E-state index contributed by atoms with van der Waals surface area (Å²) in [6, 6.07) is 11.0. The second-order valence-electron chi connectivity index (χ2n) is 8.42. The number of aromatic nitrogens is 2. The van der Waals surface area contributed by atoms with Crippen LogP contribution in [-0.4, -0.2) is 53.1 Å². The van der Waals surface area contributed by atoms with Crippen molar-refractivity contribution in [2.75, 3.05) is 23.9 Å². The minimum absolute atomic E-state index is 0.000722. The van der Waals surface area contributed by atoms with Crippen molar-refractivity contribution < 1.29 is 13.2 Å². The van der Waals surface area contributed by atoms with Gasteiger partial charge in [0.2, 0.25) is 0 Å². The zero-order valence-electron chi connectivity index (χ0n) is 18.8. The number of amides is 1. The predicted molar refractivity (Wildman–Crippen MR) is 135 cm³/mol. The Balaban J connectivity index is 1.84. The first kappa shape index (κ1) is 22.0. The summed E-state index contributed by atoms with van der Waals surface area (Å²) < 4.78 is 25.2. The maximum atomic E-state index is 13.4. The van der Waals surface area contributed by atoms with E-state index in [1.54, 1.807) is 36.9 Å². The SMILES string of the molecule is CCS(=O)(=O)c1cccc(-c2cc(C(=O)N3CCSC3)c(C)c3[nH]c4ncc(C)cc4c23)c1. The third-order valence-electron chi connectivity index (χ3n) is 6.28. The maximum Gasteiger partial charge on any atom is 0.254 e. The summed E-state index contributed by atoms with van der Waals surface area (Å²) in [5.41, 5.74) is 5.75. The lowest BCUT2D eigenvalue weighted by Gasteiger charge is -2.18. The first-order valence-corrected chi connectivity index (χ1v) is 13.7. The molecular weight excluding hydrogens is 454 g/mol. The van der Waals surface area contributed by atoms with E-state index in [0.717, 1.165) is 56.5 Å². The molecule has 3 heterocycles. The summed E-state index contributed by atoms with van der Waals surface area (Å²) in [6.07, 6.45) is 1.81. The lowest BCUT2D eigenvalue weighted by atomic mass is 9.93. The number of thioether (sulfide) groups is 1. The number of carbonyl (C=O) groups excluding carboxylic acids is 1. The van der Waals surface area contributed by atoms with Crippen LogP contribution in [0.25, 0.3) is 33.1 Å². The van der Waals surface area contributed by atoms with E-state index in [0.29, 0.717) is 11.4 Å². The van der Waals surface area contributed by atoms with E-state index in [-0.39, 0.29) is 16.6 Å². The van der Waals surface area contributed by atoms with Crippen LogP contribution in [0.4, 0.5) is 0 Å². The van der Waals surface area contributed by atoms with Crippen LogP contribution in [0.5, 0.6) is 0 Å². The predicted octanol–water partition coefficient (Wildman–Crippen LogP) is 4.94. The molecular formula is C25H25N3O3S2. The van der Waals surface area contributed by atoms with Gasteiger partial charge in [-0.25, -0.2) is 13.4 Å². The van der Waals surface area contributed by atoms with Crippen LogP contribution in [-0.2, 0) is 9.84 Å².